The number of rotatable bonds is 0. The van der Waals surface area contributed by atoms with Gasteiger partial charge in [0.1, 0.15) is 0 Å². The quantitative estimate of drug-likeness (QED) is 0.119. The first-order chi connectivity index (χ1) is 23.4. The minimum Gasteiger partial charge on any atom is -0.0610 e. The molecule has 222 valence electrons. The largest absolute Gasteiger partial charge is 0.0610 e. The standard InChI is InChI=1S/C48H30/c1-23-15-27-19-39-34-12-11-33-31-7-5-10-37-44(31)47(38-14-13-35(43(34)46(33)38)40(39)20-28(27)16-24(23)2)36-9-6-8-32-41-21-29-17-25(3)26(4)18-30(29)22-42(41)48(37)45(32)36/h5-22H,1-4H3. The third-order valence-corrected chi connectivity index (χ3v) is 12.2. The van der Waals surface area contributed by atoms with Crippen LogP contribution < -0.4 is 0 Å². The summed E-state index contributed by atoms with van der Waals surface area (Å²) in [6, 6.07) is 42.9. The molecule has 0 fully saturated rings. The maximum atomic E-state index is 2.46. The monoisotopic (exact) mass is 606 g/mol. The highest BCUT2D eigenvalue weighted by Crippen LogP contribution is 2.53. The van der Waals surface area contributed by atoms with Crippen LogP contribution in [0.4, 0.5) is 0 Å². The fourth-order valence-electron chi connectivity index (χ4n) is 9.74. The van der Waals surface area contributed by atoms with E-state index in [0.717, 1.165) is 0 Å². The average molecular weight is 607 g/mol. The van der Waals surface area contributed by atoms with Crippen molar-refractivity contribution in [2.45, 2.75) is 27.7 Å². The van der Waals surface area contributed by atoms with Crippen LogP contribution >= 0.6 is 0 Å². The van der Waals surface area contributed by atoms with Crippen LogP contribution in [-0.4, -0.2) is 0 Å². The molecule has 12 rings (SSSR count). The molecule has 0 aliphatic carbocycles. The summed E-state index contributed by atoms with van der Waals surface area (Å²) in [6.07, 6.45) is 0. The zero-order valence-corrected chi connectivity index (χ0v) is 27.4. The molecule has 0 amide bonds. The molecule has 12 aromatic carbocycles. The summed E-state index contributed by atoms with van der Waals surface area (Å²) in [7, 11) is 0. The molecule has 0 nitrogen and oxygen atoms in total. The summed E-state index contributed by atoms with van der Waals surface area (Å²) in [5, 5.41) is 30.1. The van der Waals surface area contributed by atoms with Gasteiger partial charge in [-0.25, -0.2) is 0 Å². The van der Waals surface area contributed by atoms with Crippen molar-refractivity contribution >= 4 is 118 Å². The molecule has 0 bridgehead atoms. The second kappa shape index (κ2) is 8.22. The normalized spacial score (nSPS) is 13.0. The predicted octanol–water partition coefficient (Wildman–Crippen LogP) is 13.9. The Morgan fingerprint density at radius 3 is 0.958 bits per heavy atom. The van der Waals surface area contributed by atoms with Crippen molar-refractivity contribution in [3.8, 4) is 0 Å². The van der Waals surface area contributed by atoms with E-state index in [2.05, 4.69) is 137 Å². The van der Waals surface area contributed by atoms with Gasteiger partial charge in [0.15, 0.2) is 0 Å². The molecule has 0 heteroatoms. The van der Waals surface area contributed by atoms with E-state index >= 15 is 0 Å². The number of fused-ring (bicyclic) bond motifs is 12. The minimum atomic E-state index is 1.32. The van der Waals surface area contributed by atoms with Crippen LogP contribution in [0.15, 0.2) is 109 Å². The lowest BCUT2D eigenvalue weighted by Crippen LogP contribution is -1.89. The molecule has 0 heterocycles. The van der Waals surface area contributed by atoms with Gasteiger partial charge in [-0.05, 0) is 193 Å². The Morgan fingerprint density at radius 2 is 0.479 bits per heavy atom. The van der Waals surface area contributed by atoms with Crippen LogP contribution in [0.25, 0.3) is 118 Å². The SMILES string of the molecule is Cc1cc2cc3c(cc2cc1C)c1ccc2c4c(ccc3c14)c1cccc3c4c5cc6cc(C)c(C)cc6cc5c5cccc(c54)c2c13. The number of hydrogen-bond donors (Lipinski definition) is 0. The first-order valence-electron chi connectivity index (χ1n) is 17.2. The van der Waals surface area contributed by atoms with E-state index in [1.807, 2.05) is 0 Å². The first kappa shape index (κ1) is 25.4. The summed E-state index contributed by atoms with van der Waals surface area (Å²) in [5.41, 5.74) is 5.40. The van der Waals surface area contributed by atoms with Crippen molar-refractivity contribution in [1.29, 1.82) is 0 Å². The fraction of sp³-hybridized carbons (Fsp3) is 0.0833. The van der Waals surface area contributed by atoms with Crippen LogP contribution in [-0.2, 0) is 0 Å². The average Bonchev–Trinajstić information content (AvgIpc) is 3.58. The van der Waals surface area contributed by atoms with Gasteiger partial charge >= 0.3 is 0 Å². The van der Waals surface area contributed by atoms with Crippen molar-refractivity contribution in [3.63, 3.8) is 0 Å². The Hall–Kier alpha value is -5.72. The lowest BCUT2D eigenvalue weighted by molar-refractivity contribution is 1.37. The maximum absolute atomic E-state index is 2.46. The van der Waals surface area contributed by atoms with Crippen molar-refractivity contribution in [2.75, 3.05) is 0 Å². The molecule has 0 aliphatic rings. The highest BCUT2D eigenvalue weighted by atomic mass is 14.3. The molecule has 0 spiro atoms. The van der Waals surface area contributed by atoms with Gasteiger partial charge in [-0.3, -0.25) is 0 Å². The van der Waals surface area contributed by atoms with Gasteiger partial charge in [0.25, 0.3) is 0 Å². The summed E-state index contributed by atoms with van der Waals surface area (Å²) in [6.45, 7) is 8.90. The van der Waals surface area contributed by atoms with E-state index < -0.39 is 0 Å². The van der Waals surface area contributed by atoms with E-state index in [-0.39, 0.29) is 0 Å². The molecule has 0 atom stereocenters. The Kier molecular flexibility index (Phi) is 4.34. The fourth-order valence-corrected chi connectivity index (χ4v) is 9.74. The zero-order chi connectivity index (χ0) is 31.7. The van der Waals surface area contributed by atoms with Crippen molar-refractivity contribution in [3.05, 3.63) is 131 Å². The molecule has 0 N–H and O–H groups in total. The lowest BCUT2D eigenvalue weighted by Gasteiger charge is -2.17. The lowest BCUT2D eigenvalue weighted by atomic mass is 9.85. The zero-order valence-electron chi connectivity index (χ0n) is 27.4. The van der Waals surface area contributed by atoms with E-state index in [9.17, 15) is 0 Å². The molecule has 0 radical (unpaired) electrons. The highest BCUT2D eigenvalue weighted by Gasteiger charge is 2.24. The van der Waals surface area contributed by atoms with E-state index in [4.69, 9.17) is 0 Å². The summed E-state index contributed by atoms with van der Waals surface area (Å²) in [4.78, 5) is 0. The second-order valence-electron chi connectivity index (χ2n) is 14.6. The van der Waals surface area contributed by atoms with Gasteiger partial charge in [0.2, 0.25) is 0 Å². The van der Waals surface area contributed by atoms with Gasteiger partial charge in [-0.15, -0.1) is 0 Å². The van der Waals surface area contributed by atoms with Gasteiger partial charge in [0, 0.05) is 0 Å². The van der Waals surface area contributed by atoms with Gasteiger partial charge in [-0.2, -0.15) is 0 Å². The van der Waals surface area contributed by atoms with E-state index in [0.29, 0.717) is 0 Å². The topological polar surface area (TPSA) is 0 Å². The third-order valence-electron chi connectivity index (χ3n) is 12.2. The first-order valence-corrected chi connectivity index (χ1v) is 17.2. The molecular weight excluding hydrogens is 577 g/mol. The predicted molar refractivity (Wildman–Crippen MR) is 212 cm³/mol. The molecule has 12 aromatic rings. The molecule has 0 saturated carbocycles. The number of hydrogen-bond acceptors (Lipinski definition) is 0. The number of benzene rings is 10. The van der Waals surface area contributed by atoms with Crippen molar-refractivity contribution < 1.29 is 0 Å². The Balaban J connectivity index is 1.33. The number of aryl methyl sites for hydroxylation is 4. The molecule has 0 unspecified atom stereocenters. The van der Waals surface area contributed by atoms with Crippen LogP contribution in [0.2, 0.25) is 0 Å². The van der Waals surface area contributed by atoms with Crippen LogP contribution in [0.1, 0.15) is 22.3 Å². The minimum absolute atomic E-state index is 1.32. The van der Waals surface area contributed by atoms with Crippen molar-refractivity contribution in [2.24, 2.45) is 0 Å². The summed E-state index contributed by atoms with van der Waals surface area (Å²) < 4.78 is 0. The molecule has 0 saturated heterocycles. The van der Waals surface area contributed by atoms with Gasteiger partial charge in [0.05, 0.1) is 0 Å². The molecular formula is C48H30. The smallest absolute Gasteiger partial charge is 0.00134 e. The van der Waals surface area contributed by atoms with Crippen molar-refractivity contribution in [1.82, 2.24) is 0 Å². The van der Waals surface area contributed by atoms with E-state index in [1.165, 1.54) is 141 Å². The molecule has 48 heavy (non-hydrogen) atoms. The maximum Gasteiger partial charge on any atom is -0.00134 e. The Morgan fingerprint density at radius 1 is 0.229 bits per heavy atom. The van der Waals surface area contributed by atoms with Crippen LogP contribution in [0.5, 0.6) is 0 Å². The Bertz CT molecular complexity index is 3350. The van der Waals surface area contributed by atoms with Gasteiger partial charge < -0.3 is 0 Å². The molecule has 0 aliphatic heterocycles. The third kappa shape index (κ3) is 2.83. The highest BCUT2D eigenvalue weighted by molar-refractivity contribution is 6.50. The van der Waals surface area contributed by atoms with Gasteiger partial charge in [-0.1, -0.05) is 84.9 Å². The summed E-state index contributed by atoms with van der Waals surface area (Å²) >= 11 is 0. The Labute approximate surface area is 276 Å². The van der Waals surface area contributed by atoms with Crippen LogP contribution in [0, 0.1) is 27.7 Å². The summed E-state index contributed by atoms with van der Waals surface area (Å²) in [5.74, 6) is 0. The van der Waals surface area contributed by atoms with Crippen LogP contribution in [0.3, 0.4) is 0 Å². The second-order valence-corrected chi connectivity index (χ2v) is 14.6. The molecule has 0 aromatic heterocycles. The van der Waals surface area contributed by atoms with E-state index in [1.54, 1.807) is 0 Å².